The molecular weight excluding hydrogens is 418 g/mol. The van der Waals surface area contributed by atoms with Crippen LogP contribution >= 0.6 is 0 Å². The normalized spacial score (nSPS) is 14.7. The number of fused-ring (bicyclic) bond motifs is 1. The molecule has 0 unspecified atom stereocenters. The molecule has 166 valence electrons. The summed E-state index contributed by atoms with van der Waals surface area (Å²) < 4.78 is 41.2. The van der Waals surface area contributed by atoms with Gasteiger partial charge >= 0.3 is 5.97 Å². The van der Waals surface area contributed by atoms with Crippen molar-refractivity contribution in [3.8, 4) is 0 Å². The molecule has 0 radical (unpaired) electrons. The molecule has 0 atom stereocenters. The number of carbonyl (C=O) groups excluding carboxylic acids is 1. The van der Waals surface area contributed by atoms with E-state index in [0.717, 1.165) is 24.4 Å². The second kappa shape index (κ2) is 8.47. The van der Waals surface area contributed by atoms with Crippen molar-refractivity contribution in [1.82, 2.24) is 14.3 Å². The minimum Gasteiger partial charge on any atom is -0.460 e. The van der Waals surface area contributed by atoms with Gasteiger partial charge in [-0.05, 0) is 58.2 Å². The molecule has 9 heteroatoms. The smallest absolute Gasteiger partial charge is 0.374 e. The van der Waals surface area contributed by atoms with Crippen LogP contribution in [-0.2, 0) is 21.2 Å². The predicted molar refractivity (Wildman–Crippen MR) is 116 cm³/mol. The number of aryl methyl sites for hydroxylation is 2. The van der Waals surface area contributed by atoms with Crippen LogP contribution in [0.2, 0.25) is 0 Å². The number of nitrogens with zero attached hydrogens (tertiary/aromatic N) is 2. The maximum absolute atomic E-state index is 12.9. The molecular formula is C22H27N3O5S. The molecule has 3 aromatic rings. The van der Waals surface area contributed by atoms with Gasteiger partial charge in [-0.3, -0.25) is 0 Å². The molecule has 0 spiro atoms. The highest BCUT2D eigenvalue weighted by atomic mass is 32.2. The Morgan fingerprint density at radius 1 is 1.32 bits per heavy atom. The summed E-state index contributed by atoms with van der Waals surface area (Å²) in [5.41, 5.74) is 2.11. The van der Waals surface area contributed by atoms with E-state index < -0.39 is 16.0 Å². The molecule has 1 aliphatic carbocycles. The van der Waals surface area contributed by atoms with E-state index in [2.05, 4.69) is 14.3 Å². The second-order valence-corrected chi connectivity index (χ2v) is 9.62. The summed E-state index contributed by atoms with van der Waals surface area (Å²) in [7, 11) is -3.72. The van der Waals surface area contributed by atoms with Gasteiger partial charge in [-0.15, -0.1) is 0 Å². The first kappa shape index (κ1) is 21.6. The van der Waals surface area contributed by atoms with E-state index >= 15 is 0 Å². The maximum Gasteiger partial charge on any atom is 0.374 e. The van der Waals surface area contributed by atoms with E-state index in [1.54, 1.807) is 19.9 Å². The highest BCUT2D eigenvalue weighted by molar-refractivity contribution is 7.89. The fourth-order valence-electron chi connectivity index (χ4n) is 3.96. The molecule has 1 saturated carbocycles. The lowest BCUT2D eigenvalue weighted by Crippen LogP contribution is -2.28. The number of aromatic nitrogens is 2. The first-order chi connectivity index (χ1) is 14.8. The van der Waals surface area contributed by atoms with Gasteiger partial charge in [0.1, 0.15) is 11.4 Å². The first-order valence-corrected chi connectivity index (χ1v) is 12.0. The van der Waals surface area contributed by atoms with Gasteiger partial charge < -0.3 is 13.7 Å². The summed E-state index contributed by atoms with van der Waals surface area (Å²) in [4.78, 5) is 16.6. The lowest BCUT2D eigenvalue weighted by molar-refractivity contribution is 0.0491. The van der Waals surface area contributed by atoms with E-state index in [0.29, 0.717) is 29.0 Å². The van der Waals surface area contributed by atoms with Crippen LogP contribution in [0.25, 0.3) is 11.0 Å². The predicted octanol–water partition coefficient (Wildman–Crippen LogP) is 3.67. The number of rotatable bonds is 8. The van der Waals surface area contributed by atoms with Crippen molar-refractivity contribution in [2.75, 3.05) is 13.2 Å². The number of ether oxygens (including phenoxy) is 1. The standard InChI is InChI=1S/C22H27N3O5S/c1-4-29-22(26)21-15(3)18-12-17(8-9-19(18)30-21)31(27,28)24-11-10-20-23-13-14(2)25(20)16-6-5-7-16/h8-9,12-13,16,24H,4-7,10-11H2,1-3H3. The molecule has 2 heterocycles. The molecule has 1 fully saturated rings. The highest BCUT2D eigenvalue weighted by Crippen LogP contribution is 2.33. The number of furan rings is 1. The van der Waals surface area contributed by atoms with Crippen molar-refractivity contribution in [2.45, 2.75) is 57.4 Å². The van der Waals surface area contributed by atoms with Crippen molar-refractivity contribution in [1.29, 1.82) is 0 Å². The van der Waals surface area contributed by atoms with E-state index in [4.69, 9.17) is 9.15 Å². The van der Waals surface area contributed by atoms with Crippen LogP contribution < -0.4 is 4.72 Å². The quantitative estimate of drug-likeness (QED) is 0.531. The van der Waals surface area contributed by atoms with Crippen molar-refractivity contribution in [2.24, 2.45) is 0 Å². The summed E-state index contributed by atoms with van der Waals surface area (Å²) >= 11 is 0. The summed E-state index contributed by atoms with van der Waals surface area (Å²) in [6, 6.07) is 5.04. The molecule has 1 aliphatic rings. The Labute approximate surface area is 181 Å². The van der Waals surface area contributed by atoms with Gasteiger partial charge in [0.2, 0.25) is 15.8 Å². The minimum absolute atomic E-state index is 0.0950. The third kappa shape index (κ3) is 4.12. The zero-order valence-corrected chi connectivity index (χ0v) is 18.8. The third-order valence-corrected chi connectivity index (χ3v) is 7.28. The monoisotopic (exact) mass is 445 g/mol. The van der Waals surface area contributed by atoms with Crippen LogP contribution in [0, 0.1) is 13.8 Å². The van der Waals surface area contributed by atoms with Crippen molar-refractivity contribution in [3.05, 3.63) is 47.2 Å². The van der Waals surface area contributed by atoms with E-state index in [9.17, 15) is 13.2 Å². The van der Waals surface area contributed by atoms with Crippen molar-refractivity contribution in [3.63, 3.8) is 0 Å². The van der Waals surface area contributed by atoms with Gasteiger partial charge in [-0.25, -0.2) is 22.9 Å². The Morgan fingerprint density at radius 3 is 2.77 bits per heavy atom. The fraction of sp³-hybridized carbons (Fsp3) is 0.455. The van der Waals surface area contributed by atoms with Crippen molar-refractivity contribution < 1.29 is 22.4 Å². The Bertz CT molecular complexity index is 1220. The van der Waals surface area contributed by atoms with Gasteiger partial charge in [0, 0.05) is 41.8 Å². The zero-order valence-electron chi connectivity index (χ0n) is 18.0. The first-order valence-electron chi connectivity index (χ1n) is 10.5. The number of hydrogen-bond acceptors (Lipinski definition) is 6. The average Bonchev–Trinajstić information content (AvgIpc) is 3.21. The maximum atomic E-state index is 12.9. The number of benzene rings is 1. The summed E-state index contributed by atoms with van der Waals surface area (Å²) in [5, 5.41) is 0.571. The van der Waals surface area contributed by atoms with E-state index in [1.807, 2.05) is 13.1 Å². The number of carbonyl (C=O) groups is 1. The fourth-order valence-corrected chi connectivity index (χ4v) is 5.02. The molecule has 0 aliphatic heterocycles. The lowest BCUT2D eigenvalue weighted by Gasteiger charge is -2.29. The molecule has 0 amide bonds. The summed E-state index contributed by atoms with van der Waals surface area (Å²) in [6.45, 7) is 5.95. The minimum atomic E-state index is -3.72. The van der Waals surface area contributed by atoms with Crippen LogP contribution in [0.5, 0.6) is 0 Å². The van der Waals surface area contributed by atoms with E-state index in [1.165, 1.54) is 18.6 Å². The van der Waals surface area contributed by atoms with Crippen LogP contribution in [0.3, 0.4) is 0 Å². The van der Waals surface area contributed by atoms with Gasteiger partial charge in [0.25, 0.3) is 0 Å². The van der Waals surface area contributed by atoms with Gasteiger partial charge in [0.05, 0.1) is 11.5 Å². The molecule has 8 nitrogen and oxygen atoms in total. The number of nitrogens with one attached hydrogen (secondary N) is 1. The molecule has 1 N–H and O–H groups in total. The number of sulfonamides is 1. The van der Waals surface area contributed by atoms with Crippen LogP contribution in [0.4, 0.5) is 0 Å². The molecule has 1 aromatic carbocycles. The molecule has 4 rings (SSSR count). The topological polar surface area (TPSA) is 103 Å². The Kier molecular flexibility index (Phi) is 5.90. The lowest BCUT2D eigenvalue weighted by atomic mass is 9.92. The molecule has 0 bridgehead atoms. The van der Waals surface area contributed by atoms with Gasteiger partial charge in [-0.2, -0.15) is 0 Å². The number of hydrogen-bond donors (Lipinski definition) is 1. The SMILES string of the molecule is CCOC(=O)c1oc2ccc(S(=O)(=O)NCCc3ncc(C)n3C3CCC3)cc2c1C. The highest BCUT2D eigenvalue weighted by Gasteiger charge is 2.24. The number of imidazole rings is 1. The molecule has 2 aromatic heterocycles. The second-order valence-electron chi connectivity index (χ2n) is 7.85. The van der Waals surface area contributed by atoms with Crippen LogP contribution in [-0.4, -0.2) is 37.1 Å². The van der Waals surface area contributed by atoms with Gasteiger partial charge in [0.15, 0.2) is 0 Å². The zero-order chi connectivity index (χ0) is 22.2. The van der Waals surface area contributed by atoms with Gasteiger partial charge in [-0.1, -0.05) is 0 Å². The van der Waals surface area contributed by atoms with E-state index in [-0.39, 0.29) is 23.8 Å². The Morgan fingerprint density at radius 2 is 2.10 bits per heavy atom. The van der Waals surface area contributed by atoms with Crippen LogP contribution in [0.1, 0.15) is 59.9 Å². The largest absolute Gasteiger partial charge is 0.460 e. The van der Waals surface area contributed by atoms with Crippen LogP contribution in [0.15, 0.2) is 33.7 Å². The summed E-state index contributed by atoms with van der Waals surface area (Å²) in [5.74, 6) is 0.443. The summed E-state index contributed by atoms with van der Waals surface area (Å²) in [6.07, 6.45) is 5.88. The third-order valence-electron chi connectivity index (χ3n) is 5.82. The number of esters is 1. The van der Waals surface area contributed by atoms with Crippen molar-refractivity contribution >= 4 is 27.0 Å². The Balaban J connectivity index is 1.50. The molecule has 0 saturated heterocycles. The molecule has 31 heavy (non-hydrogen) atoms. The Hall–Kier alpha value is -2.65. The average molecular weight is 446 g/mol.